The number of nitrogens with one attached hydrogen (secondary N) is 1. The van der Waals surface area contributed by atoms with Gasteiger partial charge in [-0.05, 0) is 24.6 Å². The fourth-order valence-corrected chi connectivity index (χ4v) is 2.00. The Morgan fingerprint density at radius 3 is 3.06 bits per heavy atom. The molecule has 1 atom stereocenters. The minimum atomic E-state index is -0.329. The third-order valence-corrected chi connectivity index (χ3v) is 2.91. The zero-order chi connectivity index (χ0) is 12.4. The Kier molecular flexibility index (Phi) is 2.93. The summed E-state index contributed by atoms with van der Waals surface area (Å²) in [7, 11) is 0. The Bertz CT molecular complexity index is 523. The molecular weight excluding hydrogens is 235 g/mol. The molecular formula is C12H13FN4O. The van der Waals surface area contributed by atoms with Gasteiger partial charge in [0.25, 0.3) is 0 Å². The fourth-order valence-electron chi connectivity index (χ4n) is 2.00. The van der Waals surface area contributed by atoms with Gasteiger partial charge in [-0.15, -0.1) is 0 Å². The molecule has 2 heterocycles. The number of aromatic nitrogens is 3. The molecule has 1 N–H and O–H groups in total. The summed E-state index contributed by atoms with van der Waals surface area (Å²) in [6.45, 7) is 1.43. The number of rotatable bonds is 3. The molecule has 3 rings (SSSR count). The summed E-state index contributed by atoms with van der Waals surface area (Å²) in [5.74, 6) is -0.329. The van der Waals surface area contributed by atoms with Gasteiger partial charge in [0.05, 0.1) is 12.6 Å². The monoisotopic (exact) mass is 248 g/mol. The second-order valence-electron chi connectivity index (χ2n) is 4.21. The maximum absolute atomic E-state index is 13.9. The van der Waals surface area contributed by atoms with E-state index in [0.29, 0.717) is 12.3 Å². The first-order valence-corrected chi connectivity index (χ1v) is 5.82. The van der Waals surface area contributed by atoms with Crippen molar-refractivity contribution in [1.29, 1.82) is 0 Å². The molecule has 94 valence electrons. The topological polar surface area (TPSA) is 52.0 Å². The average Bonchev–Trinajstić information content (AvgIpc) is 3.01. The van der Waals surface area contributed by atoms with E-state index in [-0.39, 0.29) is 11.9 Å². The van der Waals surface area contributed by atoms with Crippen molar-refractivity contribution in [3.8, 4) is 5.69 Å². The van der Waals surface area contributed by atoms with Crippen LogP contribution in [-0.2, 0) is 4.74 Å². The predicted molar refractivity (Wildman–Crippen MR) is 64.2 cm³/mol. The first-order valence-electron chi connectivity index (χ1n) is 5.82. The van der Waals surface area contributed by atoms with E-state index in [1.807, 2.05) is 6.07 Å². The van der Waals surface area contributed by atoms with Gasteiger partial charge in [-0.3, -0.25) is 0 Å². The van der Waals surface area contributed by atoms with Gasteiger partial charge in [0.15, 0.2) is 5.82 Å². The van der Waals surface area contributed by atoms with Crippen molar-refractivity contribution in [2.24, 2.45) is 0 Å². The second-order valence-corrected chi connectivity index (χ2v) is 4.21. The molecule has 1 aliphatic heterocycles. The molecule has 1 fully saturated rings. The number of halogens is 1. The van der Waals surface area contributed by atoms with E-state index in [1.165, 1.54) is 23.4 Å². The maximum Gasteiger partial charge on any atom is 0.150 e. The molecule has 18 heavy (non-hydrogen) atoms. The minimum Gasteiger partial charge on any atom is -0.380 e. The molecule has 0 saturated carbocycles. The summed E-state index contributed by atoms with van der Waals surface area (Å²) < 4.78 is 20.6. The Labute approximate surface area is 104 Å². The predicted octanol–water partition coefficient (Wildman–Crippen LogP) is 1.61. The molecule has 1 unspecified atom stereocenters. The summed E-state index contributed by atoms with van der Waals surface area (Å²) in [5, 5.41) is 7.15. The van der Waals surface area contributed by atoms with E-state index in [2.05, 4.69) is 15.4 Å². The summed E-state index contributed by atoms with van der Waals surface area (Å²) in [6.07, 6.45) is 3.80. The van der Waals surface area contributed by atoms with E-state index in [0.717, 1.165) is 18.7 Å². The SMILES string of the molecule is Fc1cc(NC2CCOC2)ccc1-n1cncn1. The van der Waals surface area contributed by atoms with Crippen molar-refractivity contribution in [3.05, 3.63) is 36.7 Å². The molecule has 1 saturated heterocycles. The lowest BCUT2D eigenvalue weighted by atomic mass is 10.2. The van der Waals surface area contributed by atoms with Gasteiger partial charge in [0, 0.05) is 12.3 Å². The van der Waals surface area contributed by atoms with E-state index < -0.39 is 0 Å². The number of nitrogens with zero attached hydrogens (tertiary/aromatic N) is 3. The van der Waals surface area contributed by atoms with Gasteiger partial charge in [0.2, 0.25) is 0 Å². The standard InChI is InChI=1S/C12H13FN4O/c13-11-5-9(16-10-3-4-18-6-10)1-2-12(11)17-8-14-7-15-17/h1-2,5,7-8,10,16H,3-4,6H2. The quantitative estimate of drug-likeness (QED) is 0.896. The highest BCUT2D eigenvalue weighted by atomic mass is 19.1. The summed E-state index contributed by atoms with van der Waals surface area (Å²) in [4.78, 5) is 3.80. The van der Waals surface area contributed by atoms with E-state index in [4.69, 9.17) is 4.74 Å². The molecule has 1 aromatic carbocycles. The Morgan fingerprint density at radius 2 is 2.39 bits per heavy atom. The van der Waals surface area contributed by atoms with Gasteiger partial charge in [0.1, 0.15) is 18.3 Å². The molecule has 1 aromatic heterocycles. The molecule has 0 amide bonds. The van der Waals surface area contributed by atoms with Crippen LogP contribution >= 0.6 is 0 Å². The van der Waals surface area contributed by atoms with Crippen molar-refractivity contribution in [2.45, 2.75) is 12.5 Å². The van der Waals surface area contributed by atoms with Gasteiger partial charge < -0.3 is 10.1 Å². The van der Waals surface area contributed by atoms with E-state index in [9.17, 15) is 4.39 Å². The highest BCUT2D eigenvalue weighted by Gasteiger charge is 2.15. The van der Waals surface area contributed by atoms with Crippen LogP contribution in [0, 0.1) is 5.82 Å². The summed E-state index contributed by atoms with van der Waals surface area (Å²) >= 11 is 0. The lowest BCUT2D eigenvalue weighted by molar-refractivity contribution is 0.195. The highest BCUT2D eigenvalue weighted by Crippen LogP contribution is 2.19. The van der Waals surface area contributed by atoms with Crippen LogP contribution in [0.2, 0.25) is 0 Å². The van der Waals surface area contributed by atoms with Crippen molar-refractivity contribution in [2.75, 3.05) is 18.5 Å². The van der Waals surface area contributed by atoms with Crippen LogP contribution in [0.15, 0.2) is 30.9 Å². The van der Waals surface area contributed by atoms with Crippen molar-refractivity contribution >= 4 is 5.69 Å². The third kappa shape index (κ3) is 2.19. The van der Waals surface area contributed by atoms with Crippen molar-refractivity contribution < 1.29 is 9.13 Å². The molecule has 6 heteroatoms. The number of benzene rings is 1. The summed E-state index contributed by atoms with van der Waals surface area (Å²) in [5.41, 5.74) is 1.15. The number of hydrogen-bond donors (Lipinski definition) is 1. The third-order valence-electron chi connectivity index (χ3n) is 2.91. The Morgan fingerprint density at radius 1 is 1.44 bits per heavy atom. The number of anilines is 1. The molecule has 0 radical (unpaired) electrons. The number of hydrogen-bond acceptors (Lipinski definition) is 4. The molecule has 1 aliphatic rings. The van der Waals surface area contributed by atoms with Crippen LogP contribution in [0.4, 0.5) is 10.1 Å². The first kappa shape index (κ1) is 11.2. The normalized spacial score (nSPS) is 19.1. The van der Waals surface area contributed by atoms with Crippen LogP contribution < -0.4 is 5.32 Å². The van der Waals surface area contributed by atoms with E-state index in [1.54, 1.807) is 6.07 Å². The second kappa shape index (κ2) is 4.73. The van der Waals surface area contributed by atoms with Gasteiger partial charge in [-0.1, -0.05) is 0 Å². The van der Waals surface area contributed by atoms with Crippen LogP contribution in [0.3, 0.4) is 0 Å². The number of ether oxygens (including phenoxy) is 1. The summed E-state index contributed by atoms with van der Waals surface area (Å²) in [6, 6.07) is 5.25. The molecule has 0 aliphatic carbocycles. The zero-order valence-electron chi connectivity index (χ0n) is 9.71. The van der Waals surface area contributed by atoms with Gasteiger partial charge >= 0.3 is 0 Å². The van der Waals surface area contributed by atoms with Crippen molar-refractivity contribution in [3.63, 3.8) is 0 Å². The van der Waals surface area contributed by atoms with Crippen LogP contribution in [0.25, 0.3) is 5.69 Å². The van der Waals surface area contributed by atoms with Crippen LogP contribution in [0.1, 0.15) is 6.42 Å². The van der Waals surface area contributed by atoms with E-state index >= 15 is 0 Å². The maximum atomic E-state index is 13.9. The van der Waals surface area contributed by atoms with Gasteiger partial charge in [-0.25, -0.2) is 14.1 Å². The van der Waals surface area contributed by atoms with Gasteiger partial charge in [-0.2, -0.15) is 5.10 Å². The van der Waals surface area contributed by atoms with Crippen molar-refractivity contribution in [1.82, 2.24) is 14.8 Å². The Balaban J connectivity index is 1.80. The smallest absolute Gasteiger partial charge is 0.150 e. The van der Waals surface area contributed by atoms with Crippen LogP contribution in [0.5, 0.6) is 0 Å². The largest absolute Gasteiger partial charge is 0.380 e. The highest BCUT2D eigenvalue weighted by molar-refractivity contribution is 5.50. The van der Waals surface area contributed by atoms with Crippen LogP contribution in [-0.4, -0.2) is 34.0 Å². The molecule has 0 bridgehead atoms. The first-order chi connectivity index (χ1) is 8.83. The fraction of sp³-hybridized carbons (Fsp3) is 0.333. The molecule has 5 nitrogen and oxygen atoms in total. The molecule has 0 spiro atoms. The average molecular weight is 248 g/mol. The lowest BCUT2D eigenvalue weighted by Gasteiger charge is -2.13. The lowest BCUT2D eigenvalue weighted by Crippen LogP contribution is -2.19. The Hall–Kier alpha value is -1.95. The zero-order valence-corrected chi connectivity index (χ0v) is 9.71. The minimum absolute atomic E-state index is 0.265. The molecule has 2 aromatic rings.